The van der Waals surface area contributed by atoms with Crippen molar-refractivity contribution < 1.29 is 23.8 Å². The SMILES string of the molecule is COc1ccc(NC(=O)C2CSCN2C(=O)/C=C/c2ccc3c(c2)OCCO3)cc1. The highest BCUT2D eigenvalue weighted by atomic mass is 32.2. The Kier molecular flexibility index (Phi) is 6.13. The number of anilines is 1. The van der Waals surface area contributed by atoms with E-state index in [2.05, 4.69) is 5.32 Å². The summed E-state index contributed by atoms with van der Waals surface area (Å²) in [5, 5.41) is 2.87. The minimum atomic E-state index is -0.519. The molecule has 7 nitrogen and oxygen atoms in total. The molecule has 2 aliphatic rings. The first-order valence-corrected chi connectivity index (χ1v) is 10.7. The summed E-state index contributed by atoms with van der Waals surface area (Å²) >= 11 is 1.56. The van der Waals surface area contributed by atoms with Gasteiger partial charge in [0.2, 0.25) is 11.8 Å². The van der Waals surface area contributed by atoms with Crippen LogP contribution in [0.4, 0.5) is 5.69 Å². The molecule has 1 saturated heterocycles. The average Bonchev–Trinajstić information content (AvgIpc) is 3.28. The van der Waals surface area contributed by atoms with Crippen LogP contribution in [0.2, 0.25) is 0 Å². The van der Waals surface area contributed by atoms with Gasteiger partial charge in [-0.25, -0.2) is 0 Å². The monoisotopic (exact) mass is 426 g/mol. The number of thioether (sulfide) groups is 1. The molecule has 2 amide bonds. The number of hydrogen-bond donors (Lipinski definition) is 1. The third-order valence-corrected chi connectivity index (χ3v) is 5.82. The lowest BCUT2D eigenvalue weighted by Crippen LogP contribution is -2.43. The maximum absolute atomic E-state index is 12.7. The van der Waals surface area contributed by atoms with Gasteiger partial charge in [-0.1, -0.05) is 6.07 Å². The Morgan fingerprint density at radius 3 is 2.67 bits per heavy atom. The second-order valence-corrected chi connectivity index (χ2v) is 7.78. The Labute approximate surface area is 179 Å². The van der Waals surface area contributed by atoms with Crippen LogP contribution >= 0.6 is 11.8 Å². The Balaban J connectivity index is 1.40. The highest BCUT2D eigenvalue weighted by Crippen LogP contribution is 2.31. The molecule has 0 aromatic heterocycles. The highest BCUT2D eigenvalue weighted by molar-refractivity contribution is 7.99. The lowest BCUT2D eigenvalue weighted by molar-refractivity contribution is -0.132. The lowest BCUT2D eigenvalue weighted by Gasteiger charge is -2.22. The van der Waals surface area contributed by atoms with Gasteiger partial charge in [-0.15, -0.1) is 11.8 Å². The predicted octanol–water partition coefficient (Wildman–Crippen LogP) is 3.02. The number of amides is 2. The summed E-state index contributed by atoms with van der Waals surface area (Å²) in [6, 6.07) is 12.1. The molecule has 2 heterocycles. The molecule has 0 radical (unpaired) electrons. The van der Waals surface area contributed by atoms with Gasteiger partial charge < -0.3 is 24.4 Å². The Hall–Kier alpha value is -3.13. The van der Waals surface area contributed by atoms with E-state index >= 15 is 0 Å². The number of carbonyl (C=O) groups is 2. The number of methoxy groups -OCH3 is 1. The molecule has 0 aliphatic carbocycles. The van der Waals surface area contributed by atoms with Crippen LogP contribution in [0.3, 0.4) is 0 Å². The van der Waals surface area contributed by atoms with Crippen molar-refractivity contribution in [3.8, 4) is 17.2 Å². The van der Waals surface area contributed by atoms with E-state index < -0.39 is 6.04 Å². The van der Waals surface area contributed by atoms with Gasteiger partial charge in [0.25, 0.3) is 0 Å². The predicted molar refractivity (Wildman–Crippen MR) is 116 cm³/mol. The average molecular weight is 426 g/mol. The molecule has 1 fully saturated rings. The number of nitrogens with zero attached hydrogens (tertiary/aromatic N) is 1. The number of benzene rings is 2. The van der Waals surface area contributed by atoms with Crippen LogP contribution in [0.5, 0.6) is 17.2 Å². The molecule has 8 heteroatoms. The topological polar surface area (TPSA) is 77.1 Å². The summed E-state index contributed by atoms with van der Waals surface area (Å²) in [6.45, 7) is 1.04. The third-order valence-electron chi connectivity index (χ3n) is 4.81. The van der Waals surface area contributed by atoms with Crippen LogP contribution in [-0.2, 0) is 9.59 Å². The second-order valence-electron chi connectivity index (χ2n) is 6.78. The van der Waals surface area contributed by atoms with Crippen LogP contribution < -0.4 is 19.5 Å². The van der Waals surface area contributed by atoms with Crippen molar-refractivity contribution in [3.05, 3.63) is 54.1 Å². The molecule has 1 unspecified atom stereocenters. The largest absolute Gasteiger partial charge is 0.497 e. The minimum absolute atomic E-state index is 0.203. The molecule has 0 spiro atoms. The van der Waals surface area contributed by atoms with Gasteiger partial charge in [0.1, 0.15) is 25.0 Å². The van der Waals surface area contributed by atoms with E-state index in [0.717, 1.165) is 5.56 Å². The maximum atomic E-state index is 12.7. The van der Waals surface area contributed by atoms with Crippen molar-refractivity contribution >= 4 is 35.3 Å². The molecular weight excluding hydrogens is 404 g/mol. The first-order chi connectivity index (χ1) is 14.6. The van der Waals surface area contributed by atoms with E-state index in [1.165, 1.54) is 6.08 Å². The van der Waals surface area contributed by atoms with Gasteiger partial charge in [-0.2, -0.15) is 0 Å². The van der Waals surface area contributed by atoms with E-state index in [4.69, 9.17) is 14.2 Å². The summed E-state index contributed by atoms with van der Waals surface area (Å²) in [4.78, 5) is 27.0. The molecule has 156 valence electrons. The van der Waals surface area contributed by atoms with Crippen molar-refractivity contribution in [2.45, 2.75) is 6.04 Å². The fourth-order valence-electron chi connectivity index (χ4n) is 3.20. The number of rotatable bonds is 5. The number of fused-ring (bicyclic) bond motifs is 1. The maximum Gasteiger partial charge on any atom is 0.248 e. The molecule has 2 aromatic carbocycles. The quantitative estimate of drug-likeness (QED) is 0.741. The van der Waals surface area contributed by atoms with Gasteiger partial charge in [0, 0.05) is 17.5 Å². The smallest absolute Gasteiger partial charge is 0.248 e. The van der Waals surface area contributed by atoms with E-state index in [1.807, 2.05) is 18.2 Å². The molecule has 1 N–H and O–H groups in total. The second kappa shape index (κ2) is 9.13. The van der Waals surface area contributed by atoms with Crippen LogP contribution in [0.1, 0.15) is 5.56 Å². The summed E-state index contributed by atoms with van der Waals surface area (Å²) in [6.07, 6.45) is 3.22. The van der Waals surface area contributed by atoms with Crippen molar-refractivity contribution in [3.63, 3.8) is 0 Å². The van der Waals surface area contributed by atoms with E-state index in [0.29, 0.717) is 47.8 Å². The van der Waals surface area contributed by atoms with Gasteiger partial charge >= 0.3 is 0 Å². The van der Waals surface area contributed by atoms with Crippen LogP contribution in [0.15, 0.2) is 48.5 Å². The number of nitrogens with one attached hydrogen (secondary N) is 1. The number of hydrogen-bond acceptors (Lipinski definition) is 6. The first-order valence-electron chi connectivity index (χ1n) is 9.55. The van der Waals surface area contributed by atoms with Crippen molar-refractivity contribution in [2.24, 2.45) is 0 Å². The summed E-state index contributed by atoms with van der Waals surface area (Å²) in [5.74, 6) is 2.72. The Morgan fingerprint density at radius 2 is 1.90 bits per heavy atom. The standard InChI is InChI=1S/C22H22N2O5S/c1-27-17-6-4-16(5-7-17)23-22(26)18-13-30-14-24(18)21(25)9-3-15-2-8-19-20(12-15)29-11-10-28-19/h2-9,12,18H,10-11,13-14H2,1H3,(H,23,26)/b9-3+. The molecule has 1 atom stereocenters. The van der Waals surface area contributed by atoms with E-state index in [-0.39, 0.29) is 11.8 Å². The normalized spacial score (nSPS) is 17.8. The van der Waals surface area contributed by atoms with Crippen LogP contribution in [0.25, 0.3) is 6.08 Å². The Bertz CT molecular complexity index is 961. The zero-order valence-corrected chi connectivity index (χ0v) is 17.3. The first kappa shape index (κ1) is 20.2. The third kappa shape index (κ3) is 4.54. The molecule has 0 saturated carbocycles. The molecular formula is C22H22N2O5S. The molecule has 2 aromatic rings. The summed E-state index contributed by atoms with van der Waals surface area (Å²) in [5.41, 5.74) is 1.50. The number of carbonyl (C=O) groups excluding carboxylic acids is 2. The van der Waals surface area contributed by atoms with Crippen molar-refractivity contribution in [1.29, 1.82) is 0 Å². The molecule has 30 heavy (non-hydrogen) atoms. The number of ether oxygens (including phenoxy) is 3. The van der Waals surface area contributed by atoms with Crippen molar-refractivity contribution in [1.82, 2.24) is 4.90 Å². The fourth-order valence-corrected chi connectivity index (χ4v) is 4.37. The molecule has 2 aliphatic heterocycles. The van der Waals surface area contributed by atoms with E-state index in [1.54, 1.807) is 54.1 Å². The minimum Gasteiger partial charge on any atom is -0.497 e. The highest BCUT2D eigenvalue weighted by Gasteiger charge is 2.33. The van der Waals surface area contributed by atoms with Gasteiger partial charge in [0.15, 0.2) is 11.5 Å². The zero-order chi connectivity index (χ0) is 20.9. The fraction of sp³-hybridized carbons (Fsp3) is 0.273. The Morgan fingerprint density at radius 1 is 1.13 bits per heavy atom. The molecule has 4 rings (SSSR count). The van der Waals surface area contributed by atoms with Gasteiger partial charge in [-0.3, -0.25) is 9.59 Å². The zero-order valence-electron chi connectivity index (χ0n) is 16.5. The lowest BCUT2D eigenvalue weighted by atomic mass is 10.1. The summed E-state index contributed by atoms with van der Waals surface area (Å²) in [7, 11) is 1.59. The van der Waals surface area contributed by atoms with Gasteiger partial charge in [0.05, 0.1) is 13.0 Å². The van der Waals surface area contributed by atoms with Crippen LogP contribution in [0, 0.1) is 0 Å². The van der Waals surface area contributed by atoms with Crippen LogP contribution in [-0.4, -0.2) is 54.7 Å². The molecule has 0 bridgehead atoms. The van der Waals surface area contributed by atoms with Gasteiger partial charge in [-0.05, 0) is 48.0 Å². The summed E-state index contributed by atoms with van der Waals surface area (Å²) < 4.78 is 16.2. The van der Waals surface area contributed by atoms with E-state index in [9.17, 15) is 9.59 Å². The van der Waals surface area contributed by atoms with Crippen molar-refractivity contribution in [2.75, 3.05) is 37.3 Å².